The third-order valence-corrected chi connectivity index (χ3v) is 2.90. The van der Waals surface area contributed by atoms with Crippen LogP contribution in [-0.4, -0.2) is 29.7 Å². The Kier molecular flexibility index (Phi) is 6.00. The molecule has 0 spiro atoms. The third kappa shape index (κ3) is 3.96. The quantitative estimate of drug-likeness (QED) is 0.472. The van der Waals surface area contributed by atoms with Gasteiger partial charge in [-0.05, 0) is 17.7 Å². The zero-order valence-corrected chi connectivity index (χ0v) is 13.9. The molecule has 1 aromatic carbocycles. The Hall–Kier alpha value is -1.57. The molecule has 2 rings (SSSR count). The average molecular weight is 387 g/mol. The molecule has 0 atom stereocenters. The first-order valence-electron chi connectivity index (χ1n) is 6.02. The topological polar surface area (TPSA) is 38.4 Å². The van der Waals surface area contributed by atoms with Crippen molar-refractivity contribution in [1.29, 1.82) is 0 Å². The van der Waals surface area contributed by atoms with E-state index >= 15 is 0 Å². The van der Waals surface area contributed by atoms with Crippen LogP contribution < -0.4 is 33.3 Å². The number of benzene rings is 1. The zero-order chi connectivity index (χ0) is 13.8. The number of rotatable bonds is 3. The van der Waals surface area contributed by atoms with Gasteiger partial charge in [0.05, 0.1) is 14.2 Å². The van der Waals surface area contributed by atoms with Crippen molar-refractivity contribution in [1.82, 2.24) is 9.47 Å². The summed E-state index contributed by atoms with van der Waals surface area (Å²) in [5, 5.41) is 0. The van der Waals surface area contributed by atoms with Gasteiger partial charge in [-0.15, -0.1) is 0 Å². The number of nitrogens with zero attached hydrogens (tertiary/aromatic N) is 3. The first kappa shape index (κ1) is 16.5. The largest absolute Gasteiger partial charge is 1.00 e. The van der Waals surface area contributed by atoms with Crippen molar-refractivity contribution < 1.29 is 38.1 Å². The molecule has 20 heavy (non-hydrogen) atoms. The third-order valence-electron chi connectivity index (χ3n) is 2.90. The molecule has 0 saturated carbocycles. The van der Waals surface area contributed by atoms with Crippen molar-refractivity contribution in [2.24, 2.45) is 7.05 Å². The summed E-state index contributed by atoms with van der Waals surface area (Å²) in [5.41, 5.74) is 1.06. The van der Waals surface area contributed by atoms with Gasteiger partial charge < -0.3 is 33.6 Å². The Balaban J connectivity index is 0.00000200. The van der Waals surface area contributed by atoms with Crippen molar-refractivity contribution >= 4 is 6.03 Å². The number of halogens is 1. The Morgan fingerprint density at radius 2 is 2.00 bits per heavy atom. The molecule has 0 N–H and O–H groups in total. The number of carbonyl (C=O) groups is 1. The second kappa shape index (κ2) is 7.28. The minimum absolute atomic E-state index is 0. The molecule has 0 bridgehead atoms. The molecule has 0 saturated heterocycles. The number of hydrogen-bond acceptors (Lipinski definition) is 2. The summed E-state index contributed by atoms with van der Waals surface area (Å²) >= 11 is 0. The number of aryl methyl sites for hydroxylation is 1. The van der Waals surface area contributed by atoms with Gasteiger partial charge in [-0.1, -0.05) is 12.1 Å². The van der Waals surface area contributed by atoms with Gasteiger partial charge in [0.2, 0.25) is 0 Å². The summed E-state index contributed by atoms with van der Waals surface area (Å²) in [6.07, 6.45) is 5.32. The molecule has 0 aliphatic heterocycles. The maximum Gasteiger partial charge on any atom is 0.415 e. The predicted octanol–water partition coefficient (Wildman–Crippen LogP) is -1.57. The standard InChI is InChI=1S/C14H18N3O2.HI/c1-15-8-9-17(11-15)14(18)16(2)10-12-4-6-13(19-3)7-5-12;/h4-9,11H,10H2,1-3H3;1H/q+1;/p-1. The van der Waals surface area contributed by atoms with Crippen LogP contribution in [0.2, 0.25) is 0 Å². The number of imidazole rings is 1. The summed E-state index contributed by atoms with van der Waals surface area (Å²) in [7, 11) is 5.30. The molecule has 5 nitrogen and oxygen atoms in total. The lowest BCUT2D eigenvalue weighted by Gasteiger charge is -2.14. The number of methoxy groups -OCH3 is 1. The maximum absolute atomic E-state index is 12.1. The fourth-order valence-electron chi connectivity index (χ4n) is 1.83. The van der Waals surface area contributed by atoms with Gasteiger partial charge in [0.15, 0.2) is 0 Å². The van der Waals surface area contributed by atoms with Crippen LogP contribution in [0.5, 0.6) is 5.75 Å². The minimum atomic E-state index is -0.0589. The lowest BCUT2D eigenvalue weighted by Crippen LogP contribution is -3.00. The molecule has 108 valence electrons. The highest BCUT2D eigenvalue weighted by atomic mass is 127. The van der Waals surface area contributed by atoms with E-state index in [9.17, 15) is 4.79 Å². The molecule has 2 aromatic rings. The summed E-state index contributed by atoms with van der Waals surface area (Å²) < 4.78 is 8.50. The van der Waals surface area contributed by atoms with Gasteiger partial charge in [-0.25, -0.2) is 9.36 Å². The molecule has 1 aromatic heterocycles. The lowest BCUT2D eigenvalue weighted by molar-refractivity contribution is -0.670. The summed E-state index contributed by atoms with van der Waals surface area (Å²) in [6.45, 7) is 0.560. The first-order chi connectivity index (χ1) is 9.10. The number of carbonyl (C=O) groups excluding carboxylic acids is 1. The molecule has 0 fully saturated rings. The fourth-order valence-corrected chi connectivity index (χ4v) is 1.83. The van der Waals surface area contributed by atoms with E-state index in [0.717, 1.165) is 11.3 Å². The van der Waals surface area contributed by atoms with Crippen LogP contribution >= 0.6 is 0 Å². The Labute approximate surface area is 135 Å². The van der Waals surface area contributed by atoms with E-state index in [1.807, 2.05) is 42.1 Å². The number of hydrogen-bond donors (Lipinski definition) is 0. The van der Waals surface area contributed by atoms with Crippen molar-refractivity contribution in [2.45, 2.75) is 6.54 Å². The molecule has 0 radical (unpaired) electrons. The summed E-state index contributed by atoms with van der Waals surface area (Å²) in [5.74, 6) is 0.815. The van der Waals surface area contributed by atoms with Gasteiger partial charge in [-0.2, -0.15) is 4.57 Å². The van der Waals surface area contributed by atoms with E-state index < -0.39 is 0 Å². The first-order valence-corrected chi connectivity index (χ1v) is 6.02. The molecule has 0 aliphatic carbocycles. The Morgan fingerprint density at radius 1 is 1.35 bits per heavy atom. The van der Waals surface area contributed by atoms with E-state index in [4.69, 9.17) is 4.74 Å². The summed E-state index contributed by atoms with van der Waals surface area (Å²) in [6, 6.07) is 7.64. The molecule has 0 unspecified atom stereocenters. The zero-order valence-electron chi connectivity index (χ0n) is 11.8. The second-order valence-corrected chi connectivity index (χ2v) is 4.47. The molecular formula is C14H18IN3O2. The highest BCUT2D eigenvalue weighted by molar-refractivity contribution is 5.76. The van der Waals surface area contributed by atoms with Crippen LogP contribution in [0.25, 0.3) is 0 Å². The monoisotopic (exact) mass is 387 g/mol. The van der Waals surface area contributed by atoms with E-state index in [1.165, 1.54) is 0 Å². The van der Waals surface area contributed by atoms with Crippen LogP contribution in [0.15, 0.2) is 43.0 Å². The molecule has 1 heterocycles. The van der Waals surface area contributed by atoms with Crippen LogP contribution in [0.1, 0.15) is 5.56 Å². The Morgan fingerprint density at radius 3 is 2.50 bits per heavy atom. The molecule has 6 heteroatoms. The highest BCUT2D eigenvalue weighted by Gasteiger charge is 2.17. The maximum atomic E-state index is 12.1. The highest BCUT2D eigenvalue weighted by Crippen LogP contribution is 2.12. The van der Waals surface area contributed by atoms with Crippen LogP contribution in [0, 0.1) is 0 Å². The number of aromatic nitrogens is 2. The predicted molar refractivity (Wildman–Crippen MR) is 70.9 cm³/mol. The minimum Gasteiger partial charge on any atom is -1.00 e. The van der Waals surface area contributed by atoms with Crippen molar-refractivity contribution in [3.8, 4) is 5.75 Å². The van der Waals surface area contributed by atoms with Gasteiger partial charge in [-0.3, -0.25) is 0 Å². The van der Waals surface area contributed by atoms with Gasteiger partial charge in [0.25, 0.3) is 6.33 Å². The van der Waals surface area contributed by atoms with Gasteiger partial charge >= 0.3 is 6.03 Å². The van der Waals surface area contributed by atoms with E-state index in [1.54, 1.807) is 36.1 Å². The van der Waals surface area contributed by atoms with Crippen molar-refractivity contribution in [3.63, 3.8) is 0 Å². The normalized spacial score (nSPS) is 9.75. The molecule has 0 aliphatic rings. The molecule has 1 amide bonds. The second-order valence-electron chi connectivity index (χ2n) is 4.47. The van der Waals surface area contributed by atoms with Crippen LogP contribution in [0.3, 0.4) is 0 Å². The smallest absolute Gasteiger partial charge is 0.415 e. The van der Waals surface area contributed by atoms with Gasteiger partial charge in [0, 0.05) is 13.6 Å². The van der Waals surface area contributed by atoms with Crippen LogP contribution in [0.4, 0.5) is 4.79 Å². The Bertz CT molecular complexity index is 566. The summed E-state index contributed by atoms with van der Waals surface area (Å²) in [4.78, 5) is 13.8. The van der Waals surface area contributed by atoms with E-state index in [2.05, 4.69) is 0 Å². The van der Waals surface area contributed by atoms with Gasteiger partial charge in [0.1, 0.15) is 18.1 Å². The van der Waals surface area contributed by atoms with E-state index in [0.29, 0.717) is 6.54 Å². The number of amides is 1. The molecular weight excluding hydrogens is 369 g/mol. The van der Waals surface area contributed by atoms with Crippen molar-refractivity contribution in [2.75, 3.05) is 14.2 Å². The van der Waals surface area contributed by atoms with Crippen molar-refractivity contribution in [3.05, 3.63) is 48.5 Å². The average Bonchev–Trinajstić information content (AvgIpc) is 2.85. The lowest BCUT2D eigenvalue weighted by atomic mass is 10.2. The fraction of sp³-hybridized carbons (Fsp3) is 0.286. The van der Waals surface area contributed by atoms with Crippen LogP contribution in [-0.2, 0) is 13.6 Å². The van der Waals surface area contributed by atoms with E-state index in [-0.39, 0.29) is 30.0 Å². The number of ether oxygens (including phenoxy) is 1. The SMILES string of the molecule is COc1ccc(CN(C)C(=O)n2cc[n+](C)c2)cc1.[I-].